The summed E-state index contributed by atoms with van der Waals surface area (Å²) in [7, 11) is 0. The summed E-state index contributed by atoms with van der Waals surface area (Å²) < 4.78 is 17.2. The van der Waals surface area contributed by atoms with Gasteiger partial charge in [-0.3, -0.25) is 29.6 Å². The fourth-order valence-corrected chi connectivity index (χ4v) is 8.00. The van der Waals surface area contributed by atoms with Crippen LogP contribution in [0.25, 0.3) is 0 Å². The molecule has 6 rings (SSSR count). The molecule has 0 bridgehead atoms. The zero-order valence-electron chi connectivity index (χ0n) is 38.4. The van der Waals surface area contributed by atoms with E-state index in [1.165, 1.54) is 36.4 Å². The summed E-state index contributed by atoms with van der Waals surface area (Å²) in [5, 5.41) is 57.8. The van der Waals surface area contributed by atoms with Gasteiger partial charge in [-0.05, 0) is 147 Å². The lowest BCUT2D eigenvalue weighted by Crippen LogP contribution is -2.21. The van der Waals surface area contributed by atoms with Crippen molar-refractivity contribution in [3.63, 3.8) is 0 Å². The molecule has 2 heterocycles. The average molecular weight is 1060 g/mol. The Morgan fingerprint density at radius 2 is 0.941 bits per heavy atom. The molecule has 0 aliphatic carbocycles. The second-order valence-corrected chi connectivity index (χ2v) is 17.1. The number of nitro groups is 2. The van der Waals surface area contributed by atoms with Crippen molar-refractivity contribution in [3.05, 3.63) is 126 Å². The molecule has 0 unspecified atom stereocenters. The highest BCUT2D eigenvalue weighted by Gasteiger charge is 2.16. The van der Waals surface area contributed by atoms with E-state index in [4.69, 9.17) is 9.47 Å². The number of azo groups is 2. The first kappa shape index (κ1) is 50.7. The van der Waals surface area contributed by atoms with Crippen molar-refractivity contribution >= 4 is 77.4 Å². The van der Waals surface area contributed by atoms with Crippen LogP contribution in [-0.2, 0) is 25.9 Å². The highest BCUT2D eigenvalue weighted by Crippen LogP contribution is 2.37. The van der Waals surface area contributed by atoms with Crippen LogP contribution >= 0.6 is 31.9 Å². The van der Waals surface area contributed by atoms with Crippen LogP contribution in [-0.4, -0.2) is 79.2 Å². The number of nitrogens with zero attached hydrogens (tertiary/aromatic N) is 14. The lowest BCUT2D eigenvalue weighted by atomic mass is 10.2. The number of unbranched alkanes of at least 4 members (excludes halogenated alkanes) is 1. The molecule has 4 aromatic carbocycles. The molecule has 68 heavy (non-hydrogen) atoms. The van der Waals surface area contributed by atoms with E-state index in [-0.39, 0.29) is 36.1 Å². The van der Waals surface area contributed by atoms with Gasteiger partial charge in [0.25, 0.3) is 11.4 Å². The predicted octanol–water partition coefficient (Wildman–Crippen LogP) is 12.2. The number of halogens is 2. The summed E-state index contributed by atoms with van der Waals surface area (Å²) in [5.74, 6) is 0.537. The van der Waals surface area contributed by atoms with Crippen LogP contribution in [0.4, 0.5) is 45.5 Å². The number of hydrogen-bond donors (Lipinski definition) is 0. The van der Waals surface area contributed by atoms with Crippen LogP contribution in [0.3, 0.4) is 0 Å². The number of non-ortho nitro benzene ring substituents is 2. The van der Waals surface area contributed by atoms with Gasteiger partial charge in [0.05, 0.1) is 58.0 Å². The maximum absolute atomic E-state index is 11.5. The third-order valence-electron chi connectivity index (χ3n) is 10.8. The Kier molecular flexibility index (Phi) is 19.0. The molecule has 2 aromatic heterocycles. The monoisotopic (exact) mass is 1060 g/mol. The van der Waals surface area contributed by atoms with E-state index in [0.717, 1.165) is 70.7 Å². The number of anilines is 2. The second kappa shape index (κ2) is 25.5. The molecular weight excluding hydrogens is 1000 g/mol. The van der Waals surface area contributed by atoms with E-state index in [1.54, 1.807) is 0 Å². The Labute approximate surface area is 411 Å². The molecule has 6 aromatic rings. The van der Waals surface area contributed by atoms with Gasteiger partial charge in [-0.2, -0.15) is 0 Å². The Morgan fingerprint density at radius 1 is 0.559 bits per heavy atom. The van der Waals surface area contributed by atoms with Gasteiger partial charge in [-0.25, -0.2) is 0 Å². The maximum Gasteiger partial charge on any atom is 0.273 e. The van der Waals surface area contributed by atoms with Gasteiger partial charge in [0.2, 0.25) is 0 Å². The highest BCUT2D eigenvalue weighted by molar-refractivity contribution is 9.11. The van der Waals surface area contributed by atoms with Gasteiger partial charge >= 0.3 is 0 Å². The van der Waals surface area contributed by atoms with Gasteiger partial charge in [0, 0.05) is 84.1 Å². The first-order valence-electron chi connectivity index (χ1n) is 22.5. The van der Waals surface area contributed by atoms with E-state index in [1.807, 2.05) is 58.2 Å². The Bertz CT molecular complexity index is 2500. The summed E-state index contributed by atoms with van der Waals surface area (Å²) in [6.07, 6.45) is 7.93. The van der Waals surface area contributed by atoms with E-state index in [0.29, 0.717) is 61.5 Å². The van der Waals surface area contributed by atoms with Crippen molar-refractivity contribution in [2.45, 2.75) is 79.3 Å². The number of aromatic nitrogens is 6. The smallest absolute Gasteiger partial charge is 0.273 e. The summed E-state index contributed by atoms with van der Waals surface area (Å²) in [4.78, 5) is 26.6. The van der Waals surface area contributed by atoms with Crippen molar-refractivity contribution in [1.29, 1.82) is 0 Å². The minimum atomic E-state index is -0.470. The second-order valence-electron chi connectivity index (χ2n) is 15.4. The number of ether oxygens (including phenoxy) is 2. The normalized spacial score (nSPS) is 11.4. The van der Waals surface area contributed by atoms with E-state index < -0.39 is 9.85 Å². The van der Waals surface area contributed by atoms with Gasteiger partial charge in [-0.1, -0.05) is 10.4 Å². The maximum atomic E-state index is 11.5. The van der Waals surface area contributed by atoms with Crippen LogP contribution < -0.4 is 19.3 Å². The lowest BCUT2D eigenvalue weighted by molar-refractivity contribution is -0.385. The molecule has 20 nitrogen and oxygen atoms in total. The van der Waals surface area contributed by atoms with Crippen molar-refractivity contribution in [3.8, 4) is 11.5 Å². The molecular formula is C46H54Br2N14O6. The molecule has 0 radical (unpaired) electrons. The molecule has 0 atom stereocenters. The van der Waals surface area contributed by atoms with Crippen molar-refractivity contribution < 1.29 is 19.3 Å². The van der Waals surface area contributed by atoms with Crippen LogP contribution in [0.5, 0.6) is 11.5 Å². The molecule has 22 heteroatoms. The summed E-state index contributed by atoms with van der Waals surface area (Å²) >= 11 is 7.18. The zero-order chi connectivity index (χ0) is 48.4. The molecule has 0 aliphatic heterocycles. The first-order chi connectivity index (χ1) is 33.0. The number of hydrogen-bond acceptors (Lipinski definition) is 16. The lowest BCUT2D eigenvalue weighted by Gasteiger charge is -2.21. The van der Waals surface area contributed by atoms with Crippen molar-refractivity contribution in [2.24, 2.45) is 20.5 Å². The first-order valence-corrected chi connectivity index (χ1v) is 24.1. The highest BCUT2D eigenvalue weighted by atomic mass is 79.9. The molecule has 0 amide bonds. The SMILES string of the molecule is CCN(CC)c1ccc(N=Nc2ccc([N+](=O)[O-])cc2OCCCc2cn(CCCCn3cc(CCCOc4cc([N+](=O)[O-])ccc4N=Nc4ccc(N(CC)CC)cc4Br)nn3)nn2)c(Br)c1. The molecule has 0 fully saturated rings. The van der Waals surface area contributed by atoms with Crippen LogP contribution in [0.1, 0.15) is 64.8 Å². The molecule has 0 saturated heterocycles. The van der Waals surface area contributed by atoms with Gasteiger partial charge < -0.3 is 19.3 Å². The van der Waals surface area contributed by atoms with Crippen LogP contribution in [0, 0.1) is 20.2 Å². The summed E-state index contributed by atoms with van der Waals surface area (Å²) in [6, 6.07) is 20.3. The Balaban J connectivity index is 0.918. The van der Waals surface area contributed by atoms with E-state index in [2.05, 4.69) is 110 Å². The standard InChI is InChI=1S/C46H54Br2N14O6/c1-5-57(6-2)35-15-19-41(39(47)27-35)51-53-43-21-17-37(61(63)64)29-45(43)67-25-11-13-33-31-59(55-49-33)23-9-10-24-60-32-34(50-56-60)14-12-26-68-46-30-38(62(65)66)18-22-44(46)54-52-42-20-16-36(28-40(42)48)58(7-3)8-4/h15-22,27-32H,5-14,23-26H2,1-4H3. The summed E-state index contributed by atoms with van der Waals surface area (Å²) in [6.45, 7) is 13.8. The van der Waals surface area contributed by atoms with E-state index >= 15 is 0 Å². The van der Waals surface area contributed by atoms with Gasteiger partial charge in [0.1, 0.15) is 11.4 Å². The molecule has 0 saturated carbocycles. The van der Waals surface area contributed by atoms with Crippen LogP contribution in [0.15, 0.2) is 115 Å². The molecule has 358 valence electrons. The third-order valence-corrected chi connectivity index (χ3v) is 12.1. The fraction of sp³-hybridized carbons (Fsp3) is 0.391. The number of nitro benzene ring substituents is 2. The minimum absolute atomic E-state index is 0.101. The average Bonchev–Trinajstić information content (AvgIpc) is 4.00. The predicted molar refractivity (Wildman–Crippen MR) is 267 cm³/mol. The number of rotatable bonds is 27. The zero-order valence-corrected chi connectivity index (χ0v) is 41.6. The van der Waals surface area contributed by atoms with Crippen molar-refractivity contribution in [2.75, 3.05) is 49.2 Å². The minimum Gasteiger partial charge on any atom is -0.491 e. The quantitative estimate of drug-likeness (QED) is 0.0203. The van der Waals surface area contributed by atoms with E-state index in [9.17, 15) is 20.2 Å². The third kappa shape index (κ3) is 14.4. The topological polar surface area (TPSA) is 222 Å². The van der Waals surface area contributed by atoms with Crippen LogP contribution in [0.2, 0.25) is 0 Å². The number of aryl methyl sites for hydroxylation is 4. The molecule has 0 aliphatic rings. The Hall–Kier alpha value is -6.68. The van der Waals surface area contributed by atoms with Gasteiger partial charge in [-0.15, -0.1) is 30.7 Å². The molecule has 0 spiro atoms. The molecule has 0 N–H and O–H groups in total. The largest absolute Gasteiger partial charge is 0.491 e. The van der Waals surface area contributed by atoms with Gasteiger partial charge in [0.15, 0.2) is 11.5 Å². The van der Waals surface area contributed by atoms with Crippen molar-refractivity contribution in [1.82, 2.24) is 30.0 Å². The summed E-state index contributed by atoms with van der Waals surface area (Å²) in [5.41, 5.74) is 5.56. The Morgan fingerprint density at radius 3 is 1.31 bits per heavy atom. The number of benzene rings is 4. The fourth-order valence-electron chi connectivity index (χ4n) is 7.11.